The van der Waals surface area contributed by atoms with Gasteiger partial charge in [-0.15, -0.1) is 0 Å². The number of aromatic hydroxyl groups is 2. The summed E-state index contributed by atoms with van der Waals surface area (Å²) < 4.78 is 10.0. The molecule has 40 heavy (non-hydrogen) atoms. The van der Waals surface area contributed by atoms with Crippen molar-refractivity contribution in [2.24, 2.45) is 11.8 Å². The van der Waals surface area contributed by atoms with Gasteiger partial charge in [0.1, 0.15) is 6.10 Å². The Kier molecular flexibility index (Phi) is 13.0. The van der Waals surface area contributed by atoms with E-state index in [0.29, 0.717) is 18.4 Å². The Morgan fingerprint density at radius 3 is 2.48 bits per heavy atom. The zero-order chi connectivity index (χ0) is 29.9. The third-order valence-corrected chi connectivity index (χ3v) is 8.74. The number of hydrogen-bond acceptors (Lipinski definition) is 9. The van der Waals surface area contributed by atoms with Gasteiger partial charge in [0.05, 0.1) is 15.9 Å². The lowest BCUT2D eigenvalue weighted by Gasteiger charge is -2.42. The lowest BCUT2D eigenvalue weighted by molar-refractivity contribution is -0.145. The molecule has 1 aromatic carbocycles. The molecule has 0 heterocycles. The molecule has 4 atom stereocenters. The quantitative estimate of drug-likeness (QED) is 0.0326. The predicted molar refractivity (Wildman–Crippen MR) is 155 cm³/mol. The number of ether oxygens (including phenoxy) is 2. The summed E-state index contributed by atoms with van der Waals surface area (Å²) in [6.45, 7) is 5.55. The molecule has 1 aliphatic carbocycles. The van der Waals surface area contributed by atoms with Crippen LogP contribution in [-0.2, 0) is 23.9 Å². The van der Waals surface area contributed by atoms with Crippen LogP contribution < -0.4 is 16.2 Å². The number of phenols is 2. The number of alkyl carbamates (subject to hydrolysis) is 1. The molecule has 222 valence electrons. The zero-order valence-electron chi connectivity index (χ0n) is 22.8. The number of carboxylic acids is 1. The molecule has 13 heteroatoms. The highest BCUT2D eigenvalue weighted by Crippen LogP contribution is 2.48. The first-order valence-electron chi connectivity index (χ1n) is 13.2. The van der Waals surface area contributed by atoms with Crippen LogP contribution in [0.4, 0.5) is 4.79 Å². The first kappa shape index (κ1) is 33.1. The Balaban J connectivity index is 1.93. The van der Waals surface area contributed by atoms with E-state index in [0.717, 1.165) is 12.8 Å². The lowest BCUT2D eigenvalue weighted by atomic mass is 9.82. The number of phenolic OH excluding ortho intramolecular Hbond substituents is 2. The van der Waals surface area contributed by atoms with Crippen LogP contribution in [0, 0.1) is 11.8 Å². The van der Waals surface area contributed by atoms with Crippen molar-refractivity contribution < 1.29 is 44.0 Å². The minimum atomic E-state index is -1.05. The van der Waals surface area contributed by atoms with Gasteiger partial charge in [0, 0.05) is 25.6 Å². The van der Waals surface area contributed by atoms with Gasteiger partial charge in [-0.1, -0.05) is 55.3 Å². The van der Waals surface area contributed by atoms with Gasteiger partial charge in [0.25, 0.3) is 0 Å². The lowest BCUT2D eigenvalue weighted by Crippen LogP contribution is -2.61. The largest absolute Gasteiger partial charge is 0.504 e. The highest BCUT2D eigenvalue weighted by molar-refractivity contribution is 14.1. The van der Waals surface area contributed by atoms with Gasteiger partial charge < -0.3 is 30.1 Å². The number of halogens is 1. The smallest absolute Gasteiger partial charge is 0.407 e. The average Bonchev–Trinajstić information content (AvgIpc) is 3.23. The van der Waals surface area contributed by atoms with Gasteiger partial charge in [-0.05, 0) is 49.0 Å². The van der Waals surface area contributed by atoms with Crippen LogP contribution in [0.3, 0.4) is 0 Å². The molecule has 1 aromatic rings. The second kappa shape index (κ2) is 15.6. The maximum absolute atomic E-state index is 12.7. The molecule has 0 radical (unpaired) electrons. The fourth-order valence-electron chi connectivity index (χ4n) is 4.79. The molecule has 0 unspecified atom stereocenters. The Morgan fingerprint density at radius 2 is 1.88 bits per heavy atom. The average molecular weight is 676 g/mol. The van der Waals surface area contributed by atoms with Crippen LogP contribution in [0.5, 0.6) is 11.5 Å². The first-order chi connectivity index (χ1) is 18.9. The van der Waals surface area contributed by atoms with Crippen LogP contribution in [0.25, 0.3) is 6.08 Å². The van der Waals surface area contributed by atoms with Crippen LogP contribution >= 0.6 is 22.6 Å². The molecule has 1 aliphatic rings. The third-order valence-electron chi connectivity index (χ3n) is 6.92. The van der Waals surface area contributed by atoms with Crippen molar-refractivity contribution in [1.29, 1.82) is 0 Å². The Bertz CT molecular complexity index is 1080. The number of aliphatic carboxylic acids is 1. The Labute approximate surface area is 247 Å². The number of alkyl halides is 1. The highest BCUT2D eigenvalue weighted by atomic mass is 127. The summed E-state index contributed by atoms with van der Waals surface area (Å²) in [6.07, 6.45) is 3.51. The van der Waals surface area contributed by atoms with E-state index in [-0.39, 0.29) is 48.9 Å². The molecule has 12 nitrogen and oxygen atoms in total. The van der Waals surface area contributed by atoms with Crippen molar-refractivity contribution >= 4 is 52.6 Å². The number of carbonyl (C=O) groups excluding carboxylic acids is 3. The monoisotopic (exact) mass is 675 g/mol. The van der Waals surface area contributed by atoms with E-state index in [4.69, 9.17) is 9.47 Å². The van der Waals surface area contributed by atoms with Gasteiger partial charge in [-0.25, -0.2) is 15.0 Å². The molecule has 2 rings (SSSR count). The molecular formula is C27H38IN3O9. The summed E-state index contributed by atoms with van der Waals surface area (Å²) in [6, 6.07) is 3.76. The number of esters is 1. The molecule has 0 spiro atoms. The molecule has 0 bridgehead atoms. The fraction of sp³-hybridized carbons (Fsp3) is 0.556. The molecule has 0 aliphatic heterocycles. The number of hydrogen-bond donors (Lipinski definition) is 6. The minimum Gasteiger partial charge on any atom is -0.504 e. The second-order valence-electron chi connectivity index (χ2n) is 9.65. The summed E-state index contributed by atoms with van der Waals surface area (Å²) in [5.41, 5.74) is 6.20. The number of carbonyl (C=O) groups is 4. The van der Waals surface area contributed by atoms with Crippen LogP contribution in [-0.4, -0.2) is 68.0 Å². The molecule has 2 amide bonds. The topological polar surface area (TPSA) is 184 Å². The van der Waals surface area contributed by atoms with Gasteiger partial charge in [-0.2, -0.15) is 0 Å². The van der Waals surface area contributed by atoms with Crippen molar-refractivity contribution in [2.45, 2.75) is 68.4 Å². The standard InChI is InChI=1S/C27H38IN3O9/c1-4-18(5-2)23(31-30-16(3)32)27(28)12-11-19(25(36)37)24(27)40-26(38)29-13-6-14-39-22(35)10-8-17-7-9-20(33)21(34)15-17/h7-10,15,18-19,23-24,31,33-34H,4-6,11-14H2,1-3H3,(H,29,38)(H,30,32)(H,36,37)/b10-8+/t19-,23-,24+,27-/m0/s1. The summed E-state index contributed by atoms with van der Waals surface area (Å²) in [7, 11) is 0. The number of nitrogens with one attached hydrogen (secondary N) is 3. The van der Waals surface area contributed by atoms with E-state index in [9.17, 15) is 34.5 Å². The van der Waals surface area contributed by atoms with E-state index in [1.165, 1.54) is 37.3 Å². The number of carboxylic acid groups (broad SMARTS) is 1. The van der Waals surface area contributed by atoms with E-state index in [1.807, 2.05) is 13.8 Å². The van der Waals surface area contributed by atoms with Crippen LogP contribution in [0.1, 0.15) is 58.4 Å². The maximum atomic E-state index is 12.7. The van der Waals surface area contributed by atoms with Crippen molar-refractivity contribution in [3.8, 4) is 11.5 Å². The molecule has 0 aromatic heterocycles. The molecule has 1 saturated carbocycles. The summed E-state index contributed by atoms with van der Waals surface area (Å²) in [5.74, 6) is -3.35. The van der Waals surface area contributed by atoms with Gasteiger partial charge in [-0.3, -0.25) is 15.0 Å². The minimum absolute atomic E-state index is 0.0130. The Morgan fingerprint density at radius 1 is 1.18 bits per heavy atom. The van der Waals surface area contributed by atoms with Gasteiger partial charge in [0.15, 0.2) is 11.5 Å². The molecule has 1 fully saturated rings. The van der Waals surface area contributed by atoms with Crippen molar-refractivity contribution in [1.82, 2.24) is 16.2 Å². The normalized spacial score (nSPS) is 21.2. The predicted octanol–water partition coefficient (Wildman–Crippen LogP) is 3.25. The summed E-state index contributed by atoms with van der Waals surface area (Å²) in [5, 5.41) is 31.3. The van der Waals surface area contributed by atoms with E-state index >= 15 is 0 Å². The van der Waals surface area contributed by atoms with E-state index in [2.05, 4.69) is 38.8 Å². The number of amides is 2. The summed E-state index contributed by atoms with van der Waals surface area (Å²) >= 11 is 2.18. The fourth-order valence-corrected chi connectivity index (χ4v) is 6.33. The van der Waals surface area contributed by atoms with Crippen LogP contribution in [0.2, 0.25) is 0 Å². The van der Waals surface area contributed by atoms with Crippen molar-refractivity contribution in [3.05, 3.63) is 29.8 Å². The van der Waals surface area contributed by atoms with Crippen molar-refractivity contribution in [3.63, 3.8) is 0 Å². The SMILES string of the molecule is CCC(CC)[C@H](NNC(C)=O)[C@@]1(I)CC[C@H](C(=O)O)[C@H]1OC(=O)NCCCOC(=O)/C=C/c1ccc(O)c(O)c1. The van der Waals surface area contributed by atoms with Gasteiger partial charge in [0.2, 0.25) is 5.91 Å². The second-order valence-corrected chi connectivity index (χ2v) is 11.7. The van der Waals surface area contributed by atoms with Crippen molar-refractivity contribution in [2.75, 3.05) is 13.2 Å². The van der Waals surface area contributed by atoms with E-state index in [1.54, 1.807) is 0 Å². The Hall–Kier alpha value is -3.07. The molecule has 6 N–H and O–H groups in total. The van der Waals surface area contributed by atoms with E-state index < -0.39 is 33.5 Å². The van der Waals surface area contributed by atoms with Crippen LogP contribution in [0.15, 0.2) is 24.3 Å². The first-order valence-corrected chi connectivity index (χ1v) is 14.3. The maximum Gasteiger partial charge on any atom is 0.407 e. The summed E-state index contributed by atoms with van der Waals surface area (Å²) in [4.78, 5) is 48.2. The number of benzene rings is 1. The zero-order valence-corrected chi connectivity index (χ0v) is 25.0. The van der Waals surface area contributed by atoms with Gasteiger partial charge >= 0.3 is 18.0 Å². The molecule has 0 saturated heterocycles. The number of hydrazine groups is 1. The number of rotatable bonds is 14. The molecular weight excluding hydrogens is 637 g/mol. The highest BCUT2D eigenvalue weighted by Gasteiger charge is 2.57. The third kappa shape index (κ3) is 9.25.